The molecule has 3 rings (SSSR count). The van der Waals surface area contributed by atoms with E-state index in [0.29, 0.717) is 5.13 Å². The zero-order chi connectivity index (χ0) is 13.3. The topological polar surface area (TPSA) is 54.0 Å². The largest absolute Gasteiger partial charge is 0.328 e. The van der Waals surface area contributed by atoms with Crippen molar-refractivity contribution in [2.75, 3.05) is 5.32 Å². The summed E-state index contributed by atoms with van der Waals surface area (Å²) in [5, 5.41) is 8.40. The lowest BCUT2D eigenvalue weighted by Crippen LogP contribution is -2.37. The molecule has 1 heterocycles. The van der Waals surface area contributed by atoms with E-state index in [0.717, 1.165) is 18.5 Å². The van der Waals surface area contributed by atoms with Gasteiger partial charge in [0, 0.05) is 5.38 Å². The van der Waals surface area contributed by atoms with E-state index in [-0.39, 0.29) is 11.6 Å². The summed E-state index contributed by atoms with van der Waals surface area (Å²) in [5.74, 6) is 0. The average molecular weight is 273 g/mol. The van der Waals surface area contributed by atoms with E-state index in [1.54, 1.807) is 0 Å². The summed E-state index contributed by atoms with van der Waals surface area (Å²) in [7, 11) is 0. The summed E-state index contributed by atoms with van der Waals surface area (Å²) in [6.07, 6.45) is 1.97. The third-order valence-electron chi connectivity index (χ3n) is 3.27. The molecule has 2 aromatic rings. The predicted octanol–water partition coefficient (Wildman–Crippen LogP) is 3.26. The molecular weight excluding hydrogens is 258 g/mol. The number of carbonyl (C=O) groups excluding carboxylic acids is 1. The SMILES string of the molecule is Cc1csc(NC(=O)NC2(c3ccccc3)CC2)n1. The fourth-order valence-electron chi connectivity index (χ4n) is 2.13. The van der Waals surface area contributed by atoms with Gasteiger partial charge in [0.05, 0.1) is 11.2 Å². The Labute approximate surface area is 115 Å². The van der Waals surface area contributed by atoms with Crippen LogP contribution in [0.2, 0.25) is 0 Å². The Morgan fingerprint density at radius 2 is 2.05 bits per heavy atom. The summed E-state index contributed by atoms with van der Waals surface area (Å²) >= 11 is 1.44. The van der Waals surface area contributed by atoms with Gasteiger partial charge in [0.15, 0.2) is 5.13 Å². The van der Waals surface area contributed by atoms with Gasteiger partial charge in [-0.2, -0.15) is 0 Å². The molecule has 0 atom stereocenters. The molecule has 2 N–H and O–H groups in total. The minimum absolute atomic E-state index is 0.183. The molecule has 1 aromatic heterocycles. The van der Waals surface area contributed by atoms with Crippen molar-refractivity contribution in [2.45, 2.75) is 25.3 Å². The number of aromatic nitrogens is 1. The van der Waals surface area contributed by atoms with Crippen LogP contribution in [0, 0.1) is 6.92 Å². The fourth-order valence-corrected chi connectivity index (χ4v) is 2.81. The van der Waals surface area contributed by atoms with Crippen molar-refractivity contribution in [1.29, 1.82) is 0 Å². The van der Waals surface area contributed by atoms with Crippen molar-refractivity contribution >= 4 is 22.5 Å². The summed E-state index contributed by atoms with van der Waals surface area (Å²) < 4.78 is 0. The molecule has 2 amide bonds. The Bertz CT molecular complexity index is 590. The minimum atomic E-state index is -0.185. The van der Waals surface area contributed by atoms with Crippen LogP contribution < -0.4 is 10.6 Å². The van der Waals surface area contributed by atoms with Crippen LogP contribution in [0.25, 0.3) is 0 Å². The van der Waals surface area contributed by atoms with Crippen LogP contribution in [0.4, 0.5) is 9.93 Å². The number of nitrogens with one attached hydrogen (secondary N) is 2. The summed E-state index contributed by atoms with van der Waals surface area (Å²) in [6.45, 7) is 1.91. The Morgan fingerprint density at radius 3 is 2.63 bits per heavy atom. The van der Waals surface area contributed by atoms with Crippen molar-refractivity contribution in [3.8, 4) is 0 Å². The molecular formula is C14H15N3OS. The van der Waals surface area contributed by atoms with Crippen LogP contribution >= 0.6 is 11.3 Å². The van der Waals surface area contributed by atoms with Crippen molar-refractivity contribution in [3.63, 3.8) is 0 Å². The zero-order valence-corrected chi connectivity index (χ0v) is 11.5. The summed E-state index contributed by atoms with van der Waals surface area (Å²) in [6, 6.07) is 9.91. The molecule has 19 heavy (non-hydrogen) atoms. The first-order valence-electron chi connectivity index (χ1n) is 6.25. The number of urea groups is 1. The van der Waals surface area contributed by atoms with Crippen LogP contribution in [0.3, 0.4) is 0 Å². The molecule has 0 bridgehead atoms. The third kappa shape index (κ3) is 2.61. The van der Waals surface area contributed by atoms with Gasteiger partial charge >= 0.3 is 6.03 Å². The number of amides is 2. The highest BCUT2D eigenvalue weighted by Crippen LogP contribution is 2.45. The van der Waals surface area contributed by atoms with Gasteiger partial charge in [0.25, 0.3) is 0 Å². The lowest BCUT2D eigenvalue weighted by atomic mass is 10.1. The van der Waals surface area contributed by atoms with E-state index >= 15 is 0 Å². The van der Waals surface area contributed by atoms with Crippen molar-refractivity contribution in [1.82, 2.24) is 10.3 Å². The van der Waals surface area contributed by atoms with Gasteiger partial charge in [0.2, 0.25) is 0 Å². The molecule has 98 valence electrons. The van der Waals surface area contributed by atoms with Crippen LogP contribution in [-0.2, 0) is 5.54 Å². The number of thiazole rings is 1. The van der Waals surface area contributed by atoms with E-state index in [4.69, 9.17) is 0 Å². The number of benzene rings is 1. The van der Waals surface area contributed by atoms with E-state index < -0.39 is 0 Å². The summed E-state index contributed by atoms with van der Waals surface area (Å²) in [4.78, 5) is 16.2. The van der Waals surface area contributed by atoms with Gasteiger partial charge in [-0.3, -0.25) is 5.32 Å². The van der Waals surface area contributed by atoms with Gasteiger partial charge in [-0.1, -0.05) is 30.3 Å². The maximum absolute atomic E-state index is 12.0. The smallest absolute Gasteiger partial charge is 0.321 e. The number of nitrogens with zero attached hydrogens (tertiary/aromatic N) is 1. The van der Waals surface area contributed by atoms with Gasteiger partial charge in [-0.05, 0) is 25.3 Å². The number of rotatable bonds is 3. The molecule has 4 nitrogen and oxygen atoms in total. The lowest BCUT2D eigenvalue weighted by molar-refractivity contribution is 0.247. The van der Waals surface area contributed by atoms with Crippen LogP contribution in [0.1, 0.15) is 24.1 Å². The fraction of sp³-hybridized carbons (Fsp3) is 0.286. The Hall–Kier alpha value is -1.88. The van der Waals surface area contributed by atoms with Crippen LogP contribution in [0.15, 0.2) is 35.7 Å². The predicted molar refractivity (Wildman–Crippen MR) is 76.4 cm³/mol. The van der Waals surface area contributed by atoms with Crippen LogP contribution in [-0.4, -0.2) is 11.0 Å². The molecule has 1 fully saturated rings. The number of hydrogen-bond donors (Lipinski definition) is 2. The van der Waals surface area contributed by atoms with Gasteiger partial charge in [0.1, 0.15) is 0 Å². The second kappa shape index (κ2) is 4.66. The monoisotopic (exact) mass is 273 g/mol. The number of anilines is 1. The molecule has 1 aliphatic rings. The second-order valence-electron chi connectivity index (χ2n) is 4.82. The number of hydrogen-bond acceptors (Lipinski definition) is 3. The quantitative estimate of drug-likeness (QED) is 0.901. The third-order valence-corrected chi connectivity index (χ3v) is 4.14. The molecule has 0 radical (unpaired) electrons. The molecule has 1 aromatic carbocycles. The highest BCUT2D eigenvalue weighted by Gasteiger charge is 2.45. The lowest BCUT2D eigenvalue weighted by Gasteiger charge is -2.17. The molecule has 0 aliphatic heterocycles. The van der Waals surface area contributed by atoms with Crippen LogP contribution in [0.5, 0.6) is 0 Å². The molecule has 1 saturated carbocycles. The van der Waals surface area contributed by atoms with Gasteiger partial charge in [-0.25, -0.2) is 9.78 Å². The van der Waals surface area contributed by atoms with Crippen molar-refractivity contribution in [2.24, 2.45) is 0 Å². The van der Waals surface area contributed by atoms with E-state index in [1.165, 1.54) is 16.9 Å². The number of aryl methyl sites for hydroxylation is 1. The van der Waals surface area contributed by atoms with E-state index in [9.17, 15) is 4.79 Å². The van der Waals surface area contributed by atoms with Crippen molar-refractivity contribution < 1.29 is 4.79 Å². The van der Waals surface area contributed by atoms with Gasteiger partial charge in [-0.15, -0.1) is 11.3 Å². The first-order chi connectivity index (χ1) is 9.18. The highest BCUT2D eigenvalue weighted by atomic mass is 32.1. The molecule has 1 aliphatic carbocycles. The van der Waals surface area contributed by atoms with E-state index in [2.05, 4.69) is 27.8 Å². The first-order valence-corrected chi connectivity index (χ1v) is 7.13. The van der Waals surface area contributed by atoms with Gasteiger partial charge < -0.3 is 5.32 Å². The molecule has 0 saturated heterocycles. The summed E-state index contributed by atoms with van der Waals surface area (Å²) in [5.41, 5.74) is 1.91. The normalized spacial score (nSPS) is 15.8. The molecule has 0 unspecified atom stereocenters. The first kappa shape index (κ1) is 12.2. The second-order valence-corrected chi connectivity index (χ2v) is 5.68. The van der Waals surface area contributed by atoms with Crippen molar-refractivity contribution in [3.05, 3.63) is 47.0 Å². The number of carbonyl (C=O) groups is 1. The maximum atomic E-state index is 12.0. The highest BCUT2D eigenvalue weighted by molar-refractivity contribution is 7.13. The molecule has 5 heteroatoms. The average Bonchev–Trinajstić information content (AvgIpc) is 3.07. The standard InChI is InChI=1S/C14H15N3OS/c1-10-9-19-13(15-10)16-12(18)17-14(7-8-14)11-5-3-2-4-6-11/h2-6,9H,7-8H2,1H3,(H2,15,16,17,18). The zero-order valence-electron chi connectivity index (χ0n) is 10.6. The Balaban J connectivity index is 1.67. The van der Waals surface area contributed by atoms with E-state index in [1.807, 2.05) is 30.5 Å². The Kier molecular flexibility index (Phi) is 2.98. The minimum Gasteiger partial charge on any atom is -0.328 e. The molecule has 0 spiro atoms. The Morgan fingerprint density at radius 1 is 1.32 bits per heavy atom. The maximum Gasteiger partial charge on any atom is 0.321 e.